The lowest BCUT2D eigenvalue weighted by Gasteiger charge is -1.96. The first kappa shape index (κ1) is 11.9. The fourth-order valence-electron chi connectivity index (χ4n) is 1.31. The number of carboxylic acids is 1. The van der Waals surface area contributed by atoms with Gasteiger partial charge in [0, 0.05) is 22.0 Å². The molecule has 0 aliphatic rings. The SMILES string of the molecule is O=C(O)C=Cc1ccc(Cn2cc(Cl)cn2)s1. The summed E-state index contributed by atoms with van der Waals surface area (Å²) in [7, 11) is 0. The summed E-state index contributed by atoms with van der Waals surface area (Å²) in [5.74, 6) is -0.946. The van der Waals surface area contributed by atoms with Gasteiger partial charge in [0.1, 0.15) is 0 Å². The molecule has 17 heavy (non-hydrogen) atoms. The highest BCUT2D eigenvalue weighted by atomic mass is 35.5. The van der Waals surface area contributed by atoms with Gasteiger partial charge in [0.2, 0.25) is 0 Å². The summed E-state index contributed by atoms with van der Waals surface area (Å²) in [5, 5.41) is 13.2. The number of nitrogens with zero attached hydrogens (tertiary/aromatic N) is 2. The molecule has 2 heterocycles. The van der Waals surface area contributed by atoms with Gasteiger partial charge in [-0.15, -0.1) is 11.3 Å². The summed E-state index contributed by atoms with van der Waals surface area (Å²) < 4.78 is 1.73. The number of carboxylic acid groups (broad SMARTS) is 1. The Balaban J connectivity index is 2.06. The van der Waals surface area contributed by atoms with Gasteiger partial charge < -0.3 is 5.11 Å². The number of rotatable bonds is 4. The quantitative estimate of drug-likeness (QED) is 0.868. The fraction of sp³-hybridized carbons (Fsp3) is 0.0909. The van der Waals surface area contributed by atoms with Gasteiger partial charge in [0.25, 0.3) is 0 Å². The standard InChI is InChI=1S/C11H9ClN2O2S/c12-8-5-13-14(6-8)7-10-2-1-9(17-10)3-4-11(15)16/h1-6H,7H2,(H,15,16). The van der Waals surface area contributed by atoms with Crippen LogP contribution >= 0.6 is 22.9 Å². The third-order valence-corrected chi connectivity index (χ3v) is 3.22. The van der Waals surface area contributed by atoms with Gasteiger partial charge in [-0.3, -0.25) is 4.68 Å². The van der Waals surface area contributed by atoms with Crippen LogP contribution in [0.3, 0.4) is 0 Å². The molecule has 88 valence electrons. The third-order valence-electron chi connectivity index (χ3n) is 1.99. The Morgan fingerprint density at radius 3 is 3.06 bits per heavy atom. The van der Waals surface area contributed by atoms with Crippen molar-refractivity contribution >= 4 is 35.0 Å². The zero-order chi connectivity index (χ0) is 12.3. The maximum atomic E-state index is 10.4. The van der Waals surface area contributed by atoms with E-state index in [-0.39, 0.29) is 0 Å². The van der Waals surface area contributed by atoms with E-state index in [0.29, 0.717) is 11.6 Å². The molecule has 0 bridgehead atoms. The van der Waals surface area contributed by atoms with Crippen molar-refractivity contribution in [3.63, 3.8) is 0 Å². The summed E-state index contributed by atoms with van der Waals surface area (Å²) in [6.45, 7) is 0.637. The Bertz CT molecular complexity index is 559. The molecule has 0 radical (unpaired) electrons. The number of hydrogen-bond donors (Lipinski definition) is 1. The molecule has 0 atom stereocenters. The Morgan fingerprint density at radius 1 is 1.59 bits per heavy atom. The second kappa shape index (κ2) is 5.16. The lowest BCUT2D eigenvalue weighted by atomic mass is 10.4. The first-order valence-electron chi connectivity index (χ1n) is 4.81. The summed E-state index contributed by atoms with van der Waals surface area (Å²) in [4.78, 5) is 12.4. The highest BCUT2D eigenvalue weighted by molar-refractivity contribution is 7.12. The van der Waals surface area contributed by atoms with E-state index in [4.69, 9.17) is 16.7 Å². The highest BCUT2D eigenvalue weighted by Crippen LogP contribution is 2.19. The van der Waals surface area contributed by atoms with E-state index >= 15 is 0 Å². The maximum Gasteiger partial charge on any atom is 0.328 e. The second-order valence-electron chi connectivity index (χ2n) is 3.33. The largest absolute Gasteiger partial charge is 0.478 e. The molecule has 0 saturated heterocycles. The number of hydrogen-bond acceptors (Lipinski definition) is 3. The molecule has 0 unspecified atom stereocenters. The minimum Gasteiger partial charge on any atom is -0.478 e. The lowest BCUT2D eigenvalue weighted by molar-refractivity contribution is -0.131. The van der Waals surface area contributed by atoms with Crippen LogP contribution in [0.15, 0.2) is 30.6 Å². The Hall–Kier alpha value is -1.59. The predicted molar refractivity (Wildman–Crippen MR) is 67.3 cm³/mol. The molecule has 2 aromatic heterocycles. The molecule has 1 N–H and O–H groups in total. The van der Waals surface area contributed by atoms with Crippen LogP contribution in [0.1, 0.15) is 9.75 Å². The van der Waals surface area contributed by atoms with Gasteiger partial charge in [0.05, 0.1) is 17.8 Å². The first-order chi connectivity index (χ1) is 8.13. The van der Waals surface area contributed by atoms with Gasteiger partial charge >= 0.3 is 5.97 Å². The monoisotopic (exact) mass is 268 g/mol. The normalized spacial score (nSPS) is 11.1. The van der Waals surface area contributed by atoms with E-state index in [1.54, 1.807) is 23.2 Å². The van der Waals surface area contributed by atoms with Crippen LogP contribution in [0.25, 0.3) is 6.08 Å². The summed E-state index contributed by atoms with van der Waals surface area (Å²) in [6.07, 6.45) is 6.03. The van der Waals surface area contributed by atoms with Crippen LogP contribution in [0.2, 0.25) is 5.02 Å². The van der Waals surface area contributed by atoms with Crippen LogP contribution in [-0.2, 0) is 11.3 Å². The molecular weight excluding hydrogens is 260 g/mol. The van der Waals surface area contributed by atoms with E-state index in [2.05, 4.69) is 5.10 Å². The molecule has 2 aromatic rings. The Kier molecular flexibility index (Phi) is 3.61. The Labute approximate surface area is 107 Å². The van der Waals surface area contributed by atoms with Gasteiger partial charge in [-0.1, -0.05) is 11.6 Å². The van der Waals surface area contributed by atoms with Crippen molar-refractivity contribution in [1.82, 2.24) is 9.78 Å². The van der Waals surface area contributed by atoms with Crippen molar-refractivity contribution in [3.05, 3.63) is 45.4 Å². The second-order valence-corrected chi connectivity index (χ2v) is 4.97. The van der Waals surface area contributed by atoms with E-state index in [1.165, 1.54) is 11.3 Å². The predicted octanol–water partition coefficient (Wildman–Crippen LogP) is 2.74. The molecule has 0 saturated carbocycles. The zero-order valence-corrected chi connectivity index (χ0v) is 10.3. The molecule has 6 heteroatoms. The van der Waals surface area contributed by atoms with Gasteiger partial charge in [0.15, 0.2) is 0 Å². The topological polar surface area (TPSA) is 55.1 Å². The molecule has 0 aliphatic carbocycles. The number of halogens is 1. The summed E-state index contributed by atoms with van der Waals surface area (Å²) in [5.41, 5.74) is 0. The molecule has 0 fully saturated rings. The van der Waals surface area contributed by atoms with E-state index in [0.717, 1.165) is 15.8 Å². The molecule has 0 amide bonds. The van der Waals surface area contributed by atoms with E-state index in [1.807, 2.05) is 12.1 Å². The molecule has 2 rings (SSSR count). The number of aromatic nitrogens is 2. The van der Waals surface area contributed by atoms with Gasteiger partial charge in [-0.2, -0.15) is 5.10 Å². The lowest BCUT2D eigenvalue weighted by Crippen LogP contribution is -1.96. The van der Waals surface area contributed by atoms with Crippen molar-refractivity contribution in [3.8, 4) is 0 Å². The molecule has 0 spiro atoms. The van der Waals surface area contributed by atoms with Crippen molar-refractivity contribution in [2.24, 2.45) is 0 Å². The highest BCUT2D eigenvalue weighted by Gasteiger charge is 2.01. The third kappa shape index (κ3) is 3.44. The Morgan fingerprint density at radius 2 is 2.41 bits per heavy atom. The average molecular weight is 269 g/mol. The number of aliphatic carboxylic acids is 1. The number of thiophene rings is 1. The summed E-state index contributed by atoms with van der Waals surface area (Å²) in [6, 6.07) is 3.83. The van der Waals surface area contributed by atoms with Crippen LogP contribution < -0.4 is 0 Å². The van der Waals surface area contributed by atoms with Crippen molar-refractivity contribution < 1.29 is 9.90 Å². The van der Waals surface area contributed by atoms with E-state index < -0.39 is 5.97 Å². The minimum absolute atomic E-state index is 0.604. The van der Waals surface area contributed by atoms with Crippen LogP contribution in [0, 0.1) is 0 Å². The molecule has 0 aliphatic heterocycles. The zero-order valence-electron chi connectivity index (χ0n) is 8.71. The first-order valence-corrected chi connectivity index (χ1v) is 6.00. The van der Waals surface area contributed by atoms with Crippen LogP contribution in [-0.4, -0.2) is 20.9 Å². The van der Waals surface area contributed by atoms with Crippen molar-refractivity contribution in [2.45, 2.75) is 6.54 Å². The average Bonchev–Trinajstić information content (AvgIpc) is 2.86. The molecule has 4 nitrogen and oxygen atoms in total. The van der Waals surface area contributed by atoms with Crippen molar-refractivity contribution in [1.29, 1.82) is 0 Å². The molecule has 0 aromatic carbocycles. The van der Waals surface area contributed by atoms with Gasteiger partial charge in [-0.25, -0.2) is 4.79 Å². The van der Waals surface area contributed by atoms with Crippen LogP contribution in [0.5, 0.6) is 0 Å². The summed E-state index contributed by atoms with van der Waals surface area (Å²) >= 11 is 7.28. The number of carbonyl (C=O) groups is 1. The van der Waals surface area contributed by atoms with E-state index in [9.17, 15) is 4.79 Å². The van der Waals surface area contributed by atoms with Crippen LogP contribution in [0.4, 0.5) is 0 Å². The van der Waals surface area contributed by atoms with Crippen molar-refractivity contribution in [2.75, 3.05) is 0 Å². The smallest absolute Gasteiger partial charge is 0.328 e. The fourth-order valence-corrected chi connectivity index (χ4v) is 2.37. The maximum absolute atomic E-state index is 10.4. The minimum atomic E-state index is -0.946. The molecular formula is C11H9ClN2O2S. The van der Waals surface area contributed by atoms with Gasteiger partial charge in [-0.05, 0) is 18.2 Å².